The van der Waals surface area contributed by atoms with Crippen molar-refractivity contribution in [1.29, 1.82) is 0 Å². The molecule has 0 saturated carbocycles. The van der Waals surface area contributed by atoms with Gasteiger partial charge in [-0.1, -0.05) is 85.3 Å². The molecule has 0 nitrogen and oxygen atoms in total. The zero-order valence-corrected chi connectivity index (χ0v) is 20.7. The van der Waals surface area contributed by atoms with Gasteiger partial charge in [0.2, 0.25) is 0 Å². The molecule has 2 aromatic rings. The molecule has 0 fully saturated rings. The minimum Gasteiger partial charge on any atom is -1.00 e. The fraction of sp³-hybridized carbons (Fsp3) is 0.250. The van der Waals surface area contributed by atoms with Gasteiger partial charge in [-0.25, -0.2) is 0 Å². The summed E-state index contributed by atoms with van der Waals surface area (Å²) in [5, 5.41) is 0. The molecule has 3 heteroatoms. The smallest absolute Gasteiger partial charge is 1.00 e. The van der Waals surface area contributed by atoms with Gasteiger partial charge >= 0.3 is 25.8 Å². The van der Waals surface area contributed by atoms with Gasteiger partial charge in [0.25, 0.3) is 0 Å². The van der Waals surface area contributed by atoms with Gasteiger partial charge in [0.1, 0.15) is 0 Å². The Morgan fingerprint density at radius 1 is 1.00 bits per heavy atom. The maximum atomic E-state index is 3.97. The number of allylic oxidation sites excluding steroid dienone is 5. The second kappa shape index (κ2) is 10.1. The second-order valence-corrected chi connectivity index (χ2v) is 7.18. The van der Waals surface area contributed by atoms with Crippen molar-refractivity contribution < 1.29 is 50.7 Å². The van der Waals surface area contributed by atoms with Crippen LogP contribution in [-0.4, -0.2) is 0 Å². The molecular formula is C24H24Cl2Hf. The third-order valence-electron chi connectivity index (χ3n) is 5.84. The van der Waals surface area contributed by atoms with Gasteiger partial charge in [-0.05, 0) is 41.5 Å². The van der Waals surface area contributed by atoms with Crippen molar-refractivity contribution >= 4 is 0 Å². The van der Waals surface area contributed by atoms with Crippen LogP contribution in [0.2, 0.25) is 0 Å². The Morgan fingerprint density at radius 2 is 1.56 bits per heavy atom. The van der Waals surface area contributed by atoms with Crippen LogP contribution in [0.15, 0.2) is 85.0 Å². The third-order valence-corrected chi connectivity index (χ3v) is 5.84. The van der Waals surface area contributed by atoms with Crippen molar-refractivity contribution in [3.63, 3.8) is 0 Å². The van der Waals surface area contributed by atoms with Gasteiger partial charge in [-0.2, -0.15) is 0 Å². The molecule has 0 radical (unpaired) electrons. The topological polar surface area (TPSA) is 0 Å². The minimum absolute atomic E-state index is 0. The molecule has 0 N–H and O–H groups in total. The van der Waals surface area contributed by atoms with Crippen LogP contribution in [0.4, 0.5) is 0 Å². The average molecular weight is 562 g/mol. The van der Waals surface area contributed by atoms with Gasteiger partial charge in [0.15, 0.2) is 0 Å². The fourth-order valence-electron chi connectivity index (χ4n) is 4.60. The molecule has 0 saturated heterocycles. The molecule has 4 rings (SSSR count). The van der Waals surface area contributed by atoms with Gasteiger partial charge in [0.05, 0.1) is 0 Å². The maximum absolute atomic E-state index is 3.97. The van der Waals surface area contributed by atoms with E-state index in [2.05, 4.69) is 86.3 Å². The Kier molecular flexibility index (Phi) is 8.99. The number of rotatable bonds is 5. The molecule has 138 valence electrons. The fourth-order valence-corrected chi connectivity index (χ4v) is 4.60. The van der Waals surface area contributed by atoms with Crippen molar-refractivity contribution in [1.82, 2.24) is 0 Å². The number of fused-ring (bicyclic) bond motifs is 3. The van der Waals surface area contributed by atoms with Crippen LogP contribution in [0.5, 0.6) is 0 Å². The Bertz CT molecular complexity index is 807. The molecule has 0 heterocycles. The predicted octanol–water partition coefficient (Wildman–Crippen LogP) is 0.663. The summed E-state index contributed by atoms with van der Waals surface area (Å²) >= 11 is 0. The van der Waals surface area contributed by atoms with E-state index in [0.717, 1.165) is 19.3 Å². The average Bonchev–Trinajstić information content (AvgIpc) is 3.26. The minimum atomic E-state index is 0. The Morgan fingerprint density at radius 3 is 2.04 bits per heavy atom. The van der Waals surface area contributed by atoms with Crippen molar-refractivity contribution in [3.8, 4) is 11.1 Å². The summed E-state index contributed by atoms with van der Waals surface area (Å²) in [5.74, 6) is 0.427. The number of benzene rings is 2. The van der Waals surface area contributed by atoms with Gasteiger partial charge in [-0.15, -0.1) is 6.58 Å². The molecule has 0 amide bonds. The first-order chi connectivity index (χ1) is 11.8. The first-order valence-corrected chi connectivity index (χ1v) is 8.91. The van der Waals surface area contributed by atoms with Crippen molar-refractivity contribution in [2.75, 3.05) is 0 Å². The van der Waals surface area contributed by atoms with Gasteiger partial charge in [0, 0.05) is 11.3 Å². The largest absolute Gasteiger partial charge is 2.00 e. The zero-order chi connectivity index (χ0) is 16.6. The van der Waals surface area contributed by atoms with Crippen LogP contribution in [0.3, 0.4) is 0 Å². The Labute approximate surface area is 194 Å². The molecular weight excluding hydrogens is 538 g/mol. The molecule has 1 unspecified atom stereocenters. The van der Waals surface area contributed by atoms with Crippen LogP contribution in [0.1, 0.15) is 43.2 Å². The van der Waals surface area contributed by atoms with Crippen LogP contribution in [-0.2, 0) is 25.8 Å². The molecule has 2 aliphatic rings. The number of hydrogen-bond donors (Lipinski definition) is 0. The second-order valence-electron chi connectivity index (χ2n) is 7.18. The molecule has 0 spiro atoms. The van der Waals surface area contributed by atoms with E-state index in [9.17, 15) is 0 Å². The van der Waals surface area contributed by atoms with Gasteiger partial charge < -0.3 is 24.8 Å². The summed E-state index contributed by atoms with van der Waals surface area (Å²) in [6, 6.07) is 17.9. The van der Waals surface area contributed by atoms with Gasteiger partial charge in [-0.3, -0.25) is 0 Å². The van der Waals surface area contributed by atoms with Crippen molar-refractivity contribution in [3.05, 3.63) is 96.1 Å². The normalized spacial score (nSPS) is 16.0. The SMILES string of the molecule is C=CCCC(C)(C1=CC=CC1)C1c2ccccc2-c2ccccc21.[Cl-].[Cl-].[Hf+2]. The van der Waals surface area contributed by atoms with E-state index in [0.29, 0.717) is 5.92 Å². The van der Waals surface area contributed by atoms with Crippen molar-refractivity contribution in [2.24, 2.45) is 5.41 Å². The quantitative estimate of drug-likeness (QED) is 0.372. The number of hydrogen-bond acceptors (Lipinski definition) is 0. The van der Waals surface area contributed by atoms with Crippen molar-refractivity contribution in [2.45, 2.75) is 32.1 Å². The summed E-state index contributed by atoms with van der Waals surface area (Å²) < 4.78 is 0. The molecule has 0 bridgehead atoms. The predicted molar refractivity (Wildman–Crippen MR) is 103 cm³/mol. The maximum Gasteiger partial charge on any atom is 2.00 e. The van der Waals surface area contributed by atoms with E-state index < -0.39 is 0 Å². The number of halogens is 2. The summed E-state index contributed by atoms with van der Waals surface area (Å²) in [6.07, 6.45) is 12.2. The van der Waals surface area contributed by atoms with Crippen LogP contribution in [0, 0.1) is 5.41 Å². The Balaban J connectivity index is 0.00000121. The van der Waals surface area contributed by atoms with E-state index in [-0.39, 0.29) is 56.1 Å². The zero-order valence-electron chi connectivity index (χ0n) is 15.6. The molecule has 2 aromatic carbocycles. The molecule has 1 atom stereocenters. The van der Waals surface area contributed by atoms with E-state index in [4.69, 9.17) is 0 Å². The van der Waals surface area contributed by atoms with E-state index in [1.165, 1.54) is 22.3 Å². The first kappa shape index (κ1) is 24.1. The standard InChI is InChI=1S/C24H24.2ClH.Hf/c1-3-4-17-24(2,18-11-5-6-12-18)23-21-15-9-7-13-19(21)20-14-8-10-16-22(20)23;;;/h3,5-11,13-16,23H,1,4,12,17H2,2H3;2*1H;/q;;;+2/p-2. The van der Waals surface area contributed by atoms with Crippen LogP contribution < -0.4 is 24.8 Å². The molecule has 2 aliphatic carbocycles. The first-order valence-electron chi connectivity index (χ1n) is 8.91. The summed E-state index contributed by atoms with van der Waals surface area (Å²) in [4.78, 5) is 0. The van der Waals surface area contributed by atoms with E-state index in [1.807, 2.05) is 0 Å². The van der Waals surface area contributed by atoms with Crippen LogP contribution in [0.25, 0.3) is 11.1 Å². The van der Waals surface area contributed by atoms with Crippen LogP contribution >= 0.6 is 0 Å². The Hall–Kier alpha value is -0.890. The summed E-state index contributed by atoms with van der Waals surface area (Å²) in [6.45, 7) is 6.43. The molecule has 0 aromatic heterocycles. The molecule has 0 aliphatic heterocycles. The summed E-state index contributed by atoms with van der Waals surface area (Å²) in [5.41, 5.74) is 7.47. The summed E-state index contributed by atoms with van der Waals surface area (Å²) in [7, 11) is 0. The monoisotopic (exact) mass is 562 g/mol. The third kappa shape index (κ3) is 4.11. The van der Waals surface area contributed by atoms with E-state index in [1.54, 1.807) is 5.57 Å². The molecule has 27 heavy (non-hydrogen) atoms. The van der Waals surface area contributed by atoms with E-state index >= 15 is 0 Å².